The van der Waals surface area contributed by atoms with Crippen molar-refractivity contribution < 1.29 is 19.0 Å². The van der Waals surface area contributed by atoms with E-state index in [4.69, 9.17) is 14.2 Å². The molecule has 0 spiro atoms. The van der Waals surface area contributed by atoms with Gasteiger partial charge in [-0.25, -0.2) is 0 Å². The van der Waals surface area contributed by atoms with Crippen molar-refractivity contribution in [3.05, 3.63) is 24.3 Å². The number of hydrogen-bond donors (Lipinski definition) is 0. The first kappa shape index (κ1) is 19.5. The number of nitrogens with zero attached hydrogens (tertiary/aromatic N) is 3. The minimum atomic E-state index is -0.0778. The van der Waals surface area contributed by atoms with E-state index < -0.39 is 0 Å². The number of hydrogen-bond acceptors (Lipinski definition) is 6. The first-order valence-electron chi connectivity index (χ1n) is 10.4. The molecule has 1 atom stereocenters. The molecule has 3 heterocycles. The average molecular weight is 389 g/mol. The monoisotopic (exact) mass is 389 g/mol. The number of piperidine rings is 1. The number of ether oxygens (including phenoxy) is 3. The van der Waals surface area contributed by atoms with Crippen LogP contribution >= 0.6 is 0 Å². The van der Waals surface area contributed by atoms with Crippen molar-refractivity contribution in [3.63, 3.8) is 0 Å². The molecule has 3 fully saturated rings. The highest BCUT2D eigenvalue weighted by molar-refractivity contribution is 5.78. The van der Waals surface area contributed by atoms with Crippen LogP contribution in [0.25, 0.3) is 0 Å². The van der Waals surface area contributed by atoms with Crippen LogP contribution in [0.5, 0.6) is 5.75 Å². The summed E-state index contributed by atoms with van der Waals surface area (Å²) in [4.78, 5) is 19.4. The summed E-state index contributed by atoms with van der Waals surface area (Å²) >= 11 is 0. The molecule has 1 aromatic carbocycles. The third kappa shape index (κ3) is 4.59. The molecule has 0 aromatic heterocycles. The van der Waals surface area contributed by atoms with Crippen molar-refractivity contribution in [1.29, 1.82) is 0 Å². The lowest BCUT2D eigenvalue weighted by atomic mass is 9.97. The Labute approximate surface area is 167 Å². The van der Waals surface area contributed by atoms with E-state index in [1.54, 1.807) is 7.11 Å². The molecule has 4 rings (SSSR count). The highest BCUT2D eigenvalue weighted by atomic mass is 16.7. The smallest absolute Gasteiger partial charge is 0.236 e. The lowest BCUT2D eigenvalue weighted by Gasteiger charge is -2.38. The van der Waals surface area contributed by atoms with Crippen LogP contribution in [0.2, 0.25) is 0 Å². The summed E-state index contributed by atoms with van der Waals surface area (Å²) in [6.07, 6.45) is 2.15. The summed E-state index contributed by atoms with van der Waals surface area (Å²) in [5.41, 5.74) is 1.18. The van der Waals surface area contributed by atoms with E-state index in [0.717, 1.165) is 57.9 Å². The molecule has 28 heavy (non-hydrogen) atoms. The van der Waals surface area contributed by atoms with E-state index in [2.05, 4.69) is 21.9 Å². The Morgan fingerprint density at radius 2 is 1.79 bits per heavy atom. The van der Waals surface area contributed by atoms with Crippen molar-refractivity contribution in [1.82, 2.24) is 9.80 Å². The minimum absolute atomic E-state index is 0.0778. The van der Waals surface area contributed by atoms with E-state index in [-0.39, 0.29) is 12.2 Å². The van der Waals surface area contributed by atoms with E-state index in [9.17, 15) is 4.79 Å². The van der Waals surface area contributed by atoms with Crippen molar-refractivity contribution in [2.24, 2.45) is 5.92 Å². The van der Waals surface area contributed by atoms with Crippen molar-refractivity contribution >= 4 is 11.6 Å². The van der Waals surface area contributed by atoms with E-state index in [0.29, 0.717) is 25.7 Å². The van der Waals surface area contributed by atoms with Crippen LogP contribution in [0.3, 0.4) is 0 Å². The van der Waals surface area contributed by atoms with Gasteiger partial charge in [0.1, 0.15) is 5.75 Å². The van der Waals surface area contributed by atoms with Crippen molar-refractivity contribution in [2.75, 3.05) is 71.0 Å². The molecule has 0 N–H and O–H groups in total. The summed E-state index contributed by atoms with van der Waals surface area (Å²) < 4.78 is 16.6. The number of methoxy groups -OCH3 is 1. The molecule has 1 aromatic rings. The molecule has 0 aliphatic carbocycles. The third-order valence-electron chi connectivity index (χ3n) is 6.00. The number of benzene rings is 1. The maximum absolute atomic E-state index is 12.8. The Bertz CT molecular complexity index is 640. The van der Waals surface area contributed by atoms with Crippen LogP contribution in [0.4, 0.5) is 5.69 Å². The van der Waals surface area contributed by atoms with E-state index in [1.165, 1.54) is 5.69 Å². The first-order valence-corrected chi connectivity index (χ1v) is 10.4. The third-order valence-corrected chi connectivity index (χ3v) is 6.00. The predicted molar refractivity (Wildman–Crippen MR) is 107 cm³/mol. The van der Waals surface area contributed by atoms with Crippen LogP contribution in [0.1, 0.15) is 12.8 Å². The van der Waals surface area contributed by atoms with Gasteiger partial charge < -0.3 is 24.0 Å². The topological polar surface area (TPSA) is 54.5 Å². The number of piperazine rings is 1. The van der Waals surface area contributed by atoms with E-state index in [1.807, 2.05) is 17.0 Å². The van der Waals surface area contributed by atoms with Crippen molar-refractivity contribution in [3.8, 4) is 5.75 Å². The Kier molecular flexibility index (Phi) is 6.34. The second-order valence-corrected chi connectivity index (χ2v) is 7.81. The first-order chi connectivity index (χ1) is 13.7. The summed E-state index contributed by atoms with van der Waals surface area (Å²) in [6, 6.07) is 8.13. The summed E-state index contributed by atoms with van der Waals surface area (Å²) in [5, 5.41) is 0. The lowest BCUT2D eigenvalue weighted by Crippen LogP contribution is -2.52. The SMILES string of the molecule is COc1ccc(N2CCN(C(=O)CN3CCCC(C4OCCO4)C3)CC2)cc1. The number of carbonyl (C=O) groups excluding carboxylic acids is 1. The van der Waals surface area contributed by atoms with Crippen LogP contribution in [0.15, 0.2) is 24.3 Å². The van der Waals surface area contributed by atoms with Gasteiger partial charge in [-0.3, -0.25) is 9.69 Å². The van der Waals surface area contributed by atoms with Gasteiger partial charge in [0.2, 0.25) is 5.91 Å². The van der Waals surface area contributed by atoms with Gasteiger partial charge in [-0.15, -0.1) is 0 Å². The maximum atomic E-state index is 12.8. The Morgan fingerprint density at radius 1 is 1.07 bits per heavy atom. The fourth-order valence-corrected chi connectivity index (χ4v) is 4.40. The van der Waals surface area contributed by atoms with Gasteiger partial charge in [-0.1, -0.05) is 0 Å². The van der Waals surface area contributed by atoms with E-state index >= 15 is 0 Å². The summed E-state index contributed by atoms with van der Waals surface area (Å²) in [6.45, 7) is 7.05. The molecule has 0 bridgehead atoms. The van der Waals surface area contributed by atoms with Crippen LogP contribution in [0, 0.1) is 5.92 Å². The number of likely N-dealkylation sites (tertiary alicyclic amines) is 1. The number of rotatable bonds is 5. The predicted octanol–water partition coefficient (Wildman–Crippen LogP) is 1.43. The molecular formula is C21H31N3O4. The lowest BCUT2D eigenvalue weighted by molar-refractivity contribution is -0.135. The number of anilines is 1. The average Bonchev–Trinajstić information content (AvgIpc) is 3.29. The molecule has 1 amide bonds. The molecular weight excluding hydrogens is 358 g/mol. The quantitative estimate of drug-likeness (QED) is 0.759. The minimum Gasteiger partial charge on any atom is -0.497 e. The zero-order valence-electron chi connectivity index (χ0n) is 16.7. The molecule has 3 saturated heterocycles. The molecule has 0 radical (unpaired) electrons. The molecule has 0 saturated carbocycles. The molecule has 7 heteroatoms. The molecule has 1 unspecified atom stereocenters. The van der Waals surface area contributed by atoms with Gasteiger partial charge in [-0.05, 0) is 43.7 Å². The van der Waals surface area contributed by atoms with Gasteiger partial charge in [0, 0.05) is 44.3 Å². The Morgan fingerprint density at radius 3 is 2.46 bits per heavy atom. The largest absolute Gasteiger partial charge is 0.497 e. The molecule has 7 nitrogen and oxygen atoms in total. The van der Waals surface area contributed by atoms with Gasteiger partial charge in [-0.2, -0.15) is 0 Å². The molecule has 3 aliphatic rings. The van der Waals surface area contributed by atoms with Crippen molar-refractivity contribution in [2.45, 2.75) is 19.1 Å². The van der Waals surface area contributed by atoms with Crippen LogP contribution < -0.4 is 9.64 Å². The summed E-state index contributed by atoms with van der Waals surface area (Å²) in [5.74, 6) is 1.49. The molecule has 154 valence electrons. The standard InChI is InChI=1S/C21H31N3O4/c1-26-19-6-4-18(5-7-19)23-9-11-24(12-10-23)20(25)16-22-8-2-3-17(15-22)21-27-13-14-28-21/h4-7,17,21H,2-3,8-16H2,1H3. The fourth-order valence-electron chi connectivity index (χ4n) is 4.40. The highest BCUT2D eigenvalue weighted by Gasteiger charge is 2.32. The van der Waals surface area contributed by atoms with Gasteiger partial charge in [0.05, 0.1) is 26.9 Å². The fraction of sp³-hybridized carbons (Fsp3) is 0.667. The number of carbonyl (C=O) groups is 1. The summed E-state index contributed by atoms with van der Waals surface area (Å²) in [7, 11) is 1.68. The van der Waals surface area contributed by atoms with Crippen LogP contribution in [-0.2, 0) is 14.3 Å². The number of amides is 1. The zero-order chi connectivity index (χ0) is 19.3. The van der Waals surface area contributed by atoms with Gasteiger partial charge in [0.25, 0.3) is 0 Å². The normalized spacial score (nSPS) is 24.5. The second kappa shape index (κ2) is 9.11. The highest BCUT2D eigenvalue weighted by Crippen LogP contribution is 2.25. The molecule has 3 aliphatic heterocycles. The Hall–Kier alpha value is -1.83. The maximum Gasteiger partial charge on any atom is 0.236 e. The second-order valence-electron chi connectivity index (χ2n) is 7.81. The Balaban J connectivity index is 1.24. The van der Waals surface area contributed by atoms with Gasteiger partial charge in [0.15, 0.2) is 6.29 Å². The zero-order valence-corrected chi connectivity index (χ0v) is 16.7. The van der Waals surface area contributed by atoms with Crippen LogP contribution in [-0.4, -0.2) is 88.1 Å². The van der Waals surface area contributed by atoms with Gasteiger partial charge >= 0.3 is 0 Å².